The molecule has 2 aromatic rings. The maximum absolute atomic E-state index is 10.6. The summed E-state index contributed by atoms with van der Waals surface area (Å²) in [7, 11) is 2.14. The normalized spacial score (nSPS) is 24.0. The first-order valence-electron chi connectivity index (χ1n) is 9.33. The molecule has 134 valence electrons. The molecule has 1 fully saturated rings. The van der Waals surface area contributed by atoms with E-state index in [4.69, 9.17) is 0 Å². The number of aliphatic hydroxyl groups is 2. The minimum absolute atomic E-state index is 0.358. The van der Waals surface area contributed by atoms with Crippen LogP contribution in [0, 0.1) is 0 Å². The van der Waals surface area contributed by atoms with E-state index >= 15 is 0 Å². The molecule has 3 rings (SSSR count). The molecule has 3 nitrogen and oxygen atoms in total. The van der Waals surface area contributed by atoms with Crippen molar-refractivity contribution in [2.45, 2.75) is 56.4 Å². The lowest BCUT2D eigenvalue weighted by molar-refractivity contribution is 0.0350. The number of hydrogen-bond donors (Lipinski definition) is 2. The third-order valence-electron chi connectivity index (χ3n) is 5.59. The molecule has 2 aromatic carbocycles. The molecule has 0 spiro atoms. The average molecular weight is 339 g/mol. The van der Waals surface area contributed by atoms with Crippen molar-refractivity contribution in [1.29, 1.82) is 0 Å². The summed E-state index contributed by atoms with van der Waals surface area (Å²) in [6.45, 7) is 0. The predicted octanol–water partition coefficient (Wildman–Crippen LogP) is 4.09. The summed E-state index contributed by atoms with van der Waals surface area (Å²) >= 11 is 0. The molecule has 1 aliphatic heterocycles. The van der Waals surface area contributed by atoms with Gasteiger partial charge >= 0.3 is 0 Å². The summed E-state index contributed by atoms with van der Waals surface area (Å²) < 4.78 is 0. The molecular formula is C22H29NO2. The quantitative estimate of drug-likeness (QED) is 0.833. The van der Waals surface area contributed by atoms with E-state index in [1.165, 1.54) is 0 Å². The van der Waals surface area contributed by atoms with Crippen molar-refractivity contribution in [3.05, 3.63) is 71.8 Å². The van der Waals surface area contributed by atoms with Gasteiger partial charge in [0.1, 0.15) is 0 Å². The van der Waals surface area contributed by atoms with Gasteiger partial charge in [-0.2, -0.15) is 0 Å². The molecule has 4 atom stereocenters. The summed E-state index contributed by atoms with van der Waals surface area (Å²) in [5.74, 6) is 0. The number of rotatable bonds is 6. The van der Waals surface area contributed by atoms with Crippen molar-refractivity contribution in [1.82, 2.24) is 4.90 Å². The van der Waals surface area contributed by atoms with E-state index in [9.17, 15) is 10.2 Å². The molecule has 1 heterocycles. The number of likely N-dealkylation sites (tertiary alicyclic amines) is 1. The molecule has 3 heteroatoms. The first-order chi connectivity index (χ1) is 12.1. The second-order valence-corrected chi connectivity index (χ2v) is 7.23. The van der Waals surface area contributed by atoms with Crippen LogP contribution in [0.15, 0.2) is 60.7 Å². The zero-order valence-corrected chi connectivity index (χ0v) is 15.0. The maximum atomic E-state index is 10.6. The highest BCUT2D eigenvalue weighted by Crippen LogP contribution is 2.32. The van der Waals surface area contributed by atoms with Crippen LogP contribution in [0.25, 0.3) is 0 Å². The van der Waals surface area contributed by atoms with Crippen molar-refractivity contribution >= 4 is 0 Å². The lowest BCUT2D eigenvalue weighted by Crippen LogP contribution is -2.45. The number of nitrogens with zero attached hydrogens (tertiary/aromatic N) is 1. The van der Waals surface area contributed by atoms with Crippen molar-refractivity contribution in [3.8, 4) is 0 Å². The zero-order valence-electron chi connectivity index (χ0n) is 15.0. The molecule has 0 aliphatic carbocycles. The molecule has 0 saturated carbocycles. The van der Waals surface area contributed by atoms with Gasteiger partial charge in [0.2, 0.25) is 0 Å². The molecule has 25 heavy (non-hydrogen) atoms. The van der Waals surface area contributed by atoms with Gasteiger partial charge in [0.25, 0.3) is 0 Å². The lowest BCUT2D eigenvalue weighted by Gasteiger charge is -2.41. The number of benzene rings is 2. The van der Waals surface area contributed by atoms with Crippen LogP contribution in [0.3, 0.4) is 0 Å². The van der Waals surface area contributed by atoms with Crippen LogP contribution in [0.2, 0.25) is 0 Å². The Morgan fingerprint density at radius 2 is 1.20 bits per heavy atom. The molecule has 0 unspecified atom stereocenters. The Kier molecular flexibility index (Phi) is 6.24. The highest BCUT2D eigenvalue weighted by Gasteiger charge is 2.30. The second kappa shape index (κ2) is 8.61. The van der Waals surface area contributed by atoms with Crippen LogP contribution >= 0.6 is 0 Å². The summed E-state index contributed by atoms with van der Waals surface area (Å²) in [4.78, 5) is 2.38. The van der Waals surface area contributed by atoms with Gasteiger partial charge in [0, 0.05) is 12.1 Å². The Hall–Kier alpha value is -1.68. The third-order valence-corrected chi connectivity index (χ3v) is 5.59. The van der Waals surface area contributed by atoms with E-state index in [0.29, 0.717) is 12.1 Å². The standard InChI is InChI=1S/C22H29NO2/c1-23-19(15-21(24)17-9-4-2-5-10-17)13-8-14-20(23)16-22(25)18-11-6-3-7-12-18/h2-7,9-12,19-22,24-25H,8,13-16H2,1H3/t19-,20-,21-,22+/m0/s1. The zero-order chi connectivity index (χ0) is 17.6. The largest absolute Gasteiger partial charge is 0.388 e. The van der Waals surface area contributed by atoms with Crippen LogP contribution in [0.1, 0.15) is 55.4 Å². The molecule has 0 aromatic heterocycles. The van der Waals surface area contributed by atoms with E-state index in [1.807, 2.05) is 60.7 Å². The molecular weight excluding hydrogens is 310 g/mol. The smallest absolute Gasteiger partial charge is 0.0805 e. The van der Waals surface area contributed by atoms with Gasteiger partial charge in [0.05, 0.1) is 12.2 Å². The lowest BCUT2D eigenvalue weighted by atomic mass is 9.88. The fourth-order valence-electron chi connectivity index (χ4n) is 4.00. The summed E-state index contributed by atoms with van der Waals surface area (Å²) in [6, 6.07) is 20.5. The molecule has 1 aliphatic rings. The molecule has 0 bridgehead atoms. The average Bonchev–Trinajstić information content (AvgIpc) is 2.66. The third kappa shape index (κ3) is 4.69. The topological polar surface area (TPSA) is 43.7 Å². The van der Waals surface area contributed by atoms with E-state index in [-0.39, 0.29) is 0 Å². The van der Waals surface area contributed by atoms with Crippen molar-refractivity contribution in [3.63, 3.8) is 0 Å². The number of hydrogen-bond acceptors (Lipinski definition) is 3. The van der Waals surface area contributed by atoms with Gasteiger partial charge in [-0.15, -0.1) is 0 Å². The van der Waals surface area contributed by atoms with E-state index < -0.39 is 12.2 Å². The van der Waals surface area contributed by atoms with Crippen LogP contribution in [-0.2, 0) is 0 Å². The van der Waals surface area contributed by atoms with Crippen molar-refractivity contribution in [2.24, 2.45) is 0 Å². The molecule has 2 N–H and O–H groups in total. The van der Waals surface area contributed by atoms with Crippen molar-refractivity contribution < 1.29 is 10.2 Å². The maximum Gasteiger partial charge on any atom is 0.0805 e. The predicted molar refractivity (Wildman–Crippen MR) is 101 cm³/mol. The van der Waals surface area contributed by atoms with Crippen LogP contribution in [-0.4, -0.2) is 34.2 Å². The first-order valence-corrected chi connectivity index (χ1v) is 9.33. The SMILES string of the molecule is CN1[C@H](C[C@@H](O)c2ccccc2)CCC[C@H]1C[C@H](O)c1ccccc1. The Morgan fingerprint density at radius 1 is 0.800 bits per heavy atom. The molecule has 0 amide bonds. The number of aliphatic hydroxyl groups excluding tert-OH is 2. The van der Waals surface area contributed by atoms with Crippen molar-refractivity contribution in [2.75, 3.05) is 7.05 Å². The summed E-state index contributed by atoms with van der Waals surface area (Å²) in [5.41, 5.74) is 1.98. The second-order valence-electron chi connectivity index (χ2n) is 7.23. The Labute approximate surface area is 150 Å². The first kappa shape index (κ1) is 18.1. The van der Waals surface area contributed by atoms with E-state index in [2.05, 4.69) is 11.9 Å². The minimum atomic E-state index is -0.425. The van der Waals surface area contributed by atoms with Gasteiger partial charge in [-0.25, -0.2) is 0 Å². The summed E-state index contributed by atoms with van der Waals surface area (Å²) in [5, 5.41) is 21.1. The van der Waals surface area contributed by atoms with Gasteiger partial charge in [0.15, 0.2) is 0 Å². The number of piperidine rings is 1. The highest BCUT2D eigenvalue weighted by atomic mass is 16.3. The summed E-state index contributed by atoms with van der Waals surface area (Å²) in [6.07, 6.45) is 4.02. The monoisotopic (exact) mass is 339 g/mol. The minimum Gasteiger partial charge on any atom is -0.388 e. The Balaban J connectivity index is 1.60. The van der Waals surface area contributed by atoms with Gasteiger partial charge in [-0.05, 0) is 43.9 Å². The van der Waals surface area contributed by atoms with Gasteiger partial charge in [-0.1, -0.05) is 67.1 Å². The Morgan fingerprint density at radius 3 is 1.60 bits per heavy atom. The fourth-order valence-corrected chi connectivity index (χ4v) is 4.00. The van der Waals surface area contributed by atoms with Crippen LogP contribution in [0.4, 0.5) is 0 Å². The highest BCUT2D eigenvalue weighted by molar-refractivity contribution is 5.18. The van der Waals surface area contributed by atoms with Crippen LogP contribution in [0.5, 0.6) is 0 Å². The van der Waals surface area contributed by atoms with Crippen LogP contribution < -0.4 is 0 Å². The van der Waals surface area contributed by atoms with E-state index in [1.54, 1.807) is 0 Å². The fraction of sp³-hybridized carbons (Fsp3) is 0.455. The Bertz CT molecular complexity index is 575. The molecule has 0 radical (unpaired) electrons. The molecule has 1 saturated heterocycles. The van der Waals surface area contributed by atoms with Gasteiger partial charge in [-0.3, -0.25) is 0 Å². The van der Waals surface area contributed by atoms with E-state index in [0.717, 1.165) is 43.2 Å². The van der Waals surface area contributed by atoms with Gasteiger partial charge < -0.3 is 15.1 Å².